The molecule has 0 atom stereocenters. The lowest BCUT2D eigenvalue weighted by Crippen LogP contribution is -2.29. The molecule has 0 aliphatic carbocycles. The highest BCUT2D eigenvalue weighted by atomic mass is 19.1. The summed E-state index contributed by atoms with van der Waals surface area (Å²) in [6, 6.07) is 1.16. The third-order valence-electron chi connectivity index (χ3n) is 1.70. The first-order valence-electron chi connectivity index (χ1n) is 4.40. The van der Waals surface area contributed by atoms with Crippen molar-refractivity contribution in [1.82, 2.24) is 0 Å². The van der Waals surface area contributed by atoms with E-state index in [2.05, 4.69) is 5.32 Å². The molecule has 0 fully saturated rings. The number of halogens is 3. The van der Waals surface area contributed by atoms with Gasteiger partial charge >= 0.3 is 0 Å². The summed E-state index contributed by atoms with van der Waals surface area (Å²) >= 11 is 0. The maximum Gasteiger partial charge on any atom is 0.152 e. The van der Waals surface area contributed by atoms with E-state index < -0.39 is 28.7 Å². The van der Waals surface area contributed by atoms with Gasteiger partial charge < -0.3 is 10.4 Å². The lowest BCUT2D eigenvalue weighted by atomic mass is 10.1. The van der Waals surface area contributed by atoms with Crippen molar-refractivity contribution in [2.75, 3.05) is 11.9 Å². The first-order chi connectivity index (χ1) is 6.79. The van der Waals surface area contributed by atoms with Crippen LogP contribution < -0.4 is 5.32 Å². The van der Waals surface area contributed by atoms with E-state index in [1.165, 1.54) is 13.8 Å². The number of hydrogen-bond donors (Lipinski definition) is 2. The van der Waals surface area contributed by atoms with E-state index in [9.17, 15) is 18.3 Å². The number of aliphatic hydroxyl groups is 1. The fraction of sp³-hybridized carbons (Fsp3) is 0.400. The van der Waals surface area contributed by atoms with Crippen LogP contribution in [-0.2, 0) is 0 Å². The third-order valence-corrected chi connectivity index (χ3v) is 1.70. The zero-order valence-corrected chi connectivity index (χ0v) is 8.44. The van der Waals surface area contributed by atoms with E-state index in [1.807, 2.05) is 0 Å². The second-order valence-corrected chi connectivity index (χ2v) is 3.91. The van der Waals surface area contributed by atoms with Gasteiger partial charge in [0.05, 0.1) is 5.60 Å². The fourth-order valence-corrected chi connectivity index (χ4v) is 1.02. The molecular weight excluding hydrogens is 207 g/mol. The van der Waals surface area contributed by atoms with Gasteiger partial charge in [-0.15, -0.1) is 0 Å². The normalized spacial score (nSPS) is 11.6. The van der Waals surface area contributed by atoms with E-state index in [1.54, 1.807) is 0 Å². The molecule has 0 unspecified atom stereocenters. The first kappa shape index (κ1) is 11.8. The minimum Gasteiger partial charge on any atom is -0.389 e. The molecule has 0 saturated heterocycles. The molecule has 1 aromatic rings. The Balaban J connectivity index is 2.86. The Kier molecular flexibility index (Phi) is 3.24. The monoisotopic (exact) mass is 219 g/mol. The summed E-state index contributed by atoms with van der Waals surface area (Å²) in [5.41, 5.74) is -1.54. The lowest BCUT2D eigenvalue weighted by Gasteiger charge is -2.19. The zero-order valence-electron chi connectivity index (χ0n) is 8.44. The standard InChI is InChI=1S/C10H12F3NO/c1-10(2,15)5-14-9-7(12)3-6(11)4-8(9)13/h3-4,14-15H,5H2,1-2H3. The van der Waals surface area contributed by atoms with Crippen LogP contribution in [0.2, 0.25) is 0 Å². The van der Waals surface area contributed by atoms with Gasteiger partial charge in [-0.25, -0.2) is 13.2 Å². The van der Waals surface area contributed by atoms with Crippen LogP contribution in [0.3, 0.4) is 0 Å². The molecule has 84 valence electrons. The van der Waals surface area contributed by atoms with Crippen LogP contribution in [0.1, 0.15) is 13.8 Å². The molecule has 0 aliphatic rings. The number of hydrogen-bond acceptors (Lipinski definition) is 2. The van der Waals surface area contributed by atoms with Gasteiger partial charge in [-0.3, -0.25) is 0 Å². The van der Waals surface area contributed by atoms with Crippen molar-refractivity contribution in [1.29, 1.82) is 0 Å². The van der Waals surface area contributed by atoms with Crippen molar-refractivity contribution >= 4 is 5.69 Å². The Morgan fingerprint density at radius 2 is 1.67 bits per heavy atom. The van der Waals surface area contributed by atoms with Crippen LogP contribution in [0.5, 0.6) is 0 Å². The molecule has 0 aromatic heterocycles. The van der Waals surface area contributed by atoms with Crippen LogP contribution in [0.4, 0.5) is 18.9 Å². The van der Waals surface area contributed by atoms with Gasteiger partial charge in [0.2, 0.25) is 0 Å². The van der Waals surface area contributed by atoms with Crippen molar-refractivity contribution in [2.24, 2.45) is 0 Å². The van der Waals surface area contributed by atoms with E-state index in [0.717, 1.165) is 0 Å². The Morgan fingerprint density at radius 3 is 2.07 bits per heavy atom. The predicted molar refractivity (Wildman–Crippen MR) is 51.1 cm³/mol. The minimum absolute atomic E-state index is 0.0352. The van der Waals surface area contributed by atoms with Crippen LogP contribution in [0, 0.1) is 17.5 Å². The van der Waals surface area contributed by atoms with Crippen molar-refractivity contribution < 1.29 is 18.3 Å². The van der Waals surface area contributed by atoms with Crippen LogP contribution >= 0.6 is 0 Å². The highest BCUT2D eigenvalue weighted by molar-refractivity contribution is 5.46. The summed E-state index contributed by atoms with van der Waals surface area (Å²) in [6.07, 6.45) is 0. The van der Waals surface area contributed by atoms with Gasteiger partial charge in [-0.1, -0.05) is 0 Å². The lowest BCUT2D eigenvalue weighted by molar-refractivity contribution is 0.0944. The van der Waals surface area contributed by atoms with E-state index in [4.69, 9.17) is 0 Å². The topological polar surface area (TPSA) is 32.3 Å². The second kappa shape index (κ2) is 4.10. The third kappa shape index (κ3) is 3.43. The zero-order chi connectivity index (χ0) is 11.6. The molecule has 0 saturated carbocycles. The van der Waals surface area contributed by atoms with Gasteiger partial charge in [-0.05, 0) is 13.8 Å². The summed E-state index contributed by atoms with van der Waals surface area (Å²) in [6.45, 7) is 2.94. The van der Waals surface area contributed by atoms with Crippen LogP contribution in [0.15, 0.2) is 12.1 Å². The molecule has 0 amide bonds. The second-order valence-electron chi connectivity index (χ2n) is 3.91. The quantitative estimate of drug-likeness (QED) is 0.817. The molecule has 0 spiro atoms. The molecule has 1 rings (SSSR count). The molecule has 0 radical (unpaired) electrons. The number of anilines is 1. The molecule has 15 heavy (non-hydrogen) atoms. The largest absolute Gasteiger partial charge is 0.389 e. The number of nitrogens with one attached hydrogen (secondary N) is 1. The average Bonchev–Trinajstić information content (AvgIpc) is 1.99. The Labute approximate surface area is 85.7 Å². The summed E-state index contributed by atoms with van der Waals surface area (Å²) in [5, 5.41) is 11.7. The predicted octanol–water partition coefficient (Wildman–Crippen LogP) is 2.29. The summed E-state index contributed by atoms with van der Waals surface area (Å²) < 4.78 is 38.7. The number of benzene rings is 1. The average molecular weight is 219 g/mol. The van der Waals surface area contributed by atoms with Crippen molar-refractivity contribution in [2.45, 2.75) is 19.4 Å². The maximum atomic E-state index is 13.1. The highest BCUT2D eigenvalue weighted by Gasteiger charge is 2.16. The van der Waals surface area contributed by atoms with Gasteiger partial charge in [0.15, 0.2) is 11.6 Å². The SMILES string of the molecule is CC(C)(O)CNc1c(F)cc(F)cc1F. The van der Waals surface area contributed by atoms with Crippen molar-refractivity contribution in [3.8, 4) is 0 Å². The minimum atomic E-state index is -1.10. The summed E-state index contributed by atoms with van der Waals surface area (Å²) in [7, 11) is 0. The van der Waals surface area contributed by atoms with Crippen molar-refractivity contribution in [3.63, 3.8) is 0 Å². The fourth-order valence-electron chi connectivity index (χ4n) is 1.02. The van der Waals surface area contributed by atoms with Gasteiger partial charge in [0.1, 0.15) is 11.5 Å². The molecule has 0 bridgehead atoms. The first-order valence-corrected chi connectivity index (χ1v) is 4.40. The molecule has 0 aliphatic heterocycles. The van der Waals surface area contributed by atoms with E-state index in [0.29, 0.717) is 12.1 Å². The molecule has 1 aromatic carbocycles. The Bertz CT molecular complexity index is 337. The van der Waals surface area contributed by atoms with E-state index >= 15 is 0 Å². The molecular formula is C10H12F3NO. The molecule has 5 heteroatoms. The van der Waals surface area contributed by atoms with E-state index in [-0.39, 0.29) is 6.54 Å². The van der Waals surface area contributed by atoms with Crippen molar-refractivity contribution in [3.05, 3.63) is 29.6 Å². The molecule has 2 N–H and O–H groups in total. The van der Waals surface area contributed by atoms with Gasteiger partial charge in [0.25, 0.3) is 0 Å². The number of rotatable bonds is 3. The highest BCUT2D eigenvalue weighted by Crippen LogP contribution is 2.20. The van der Waals surface area contributed by atoms with Crippen LogP contribution in [0.25, 0.3) is 0 Å². The maximum absolute atomic E-state index is 13.1. The molecule has 0 heterocycles. The van der Waals surface area contributed by atoms with Gasteiger partial charge in [0, 0.05) is 18.7 Å². The Morgan fingerprint density at radius 1 is 1.20 bits per heavy atom. The molecule has 2 nitrogen and oxygen atoms in total. The smallest absolute Gasteiger partial charge is 0.152 e. The Hall–Kier alpha value is -1.23. The van der Waals surface area contributed by atoms with Gasteiger partial charge in [-0.2, -0.15) is 0 Å². The van der Waals surface area contributed by atoms with Crippen LogP contribution in [-0.4, -0.2) is 17.3 Å². The summed E-state index contributed by atoms with van der Waals surface area (Å²) in [5.74, 6) is -3.01. The summed E-state index contributed by atoms with van der Waals surface area (Å²) in [4.78, 5) is 0.